The van der Waals surface area contributed by atoms with Crippen LogP contribution in [-0.4, -0.2) is 17.0 Å². The van der Waals surface area contributed by atoms with Gasteiger partial charge in [0.2, 0.25) is 5.91 Å². The van der Waals surface area contributed by atoms with Crippen molar-refractivity contribution in [3.8, 4) is 0 Å². The van der Waals surface area contributed by atoms with Crippen molar-refractivity contribution in [1.29, 1.82) is 0 Å². The van der Waals surface area contributed by atoms with Gasteiger partial charge in [-0.25, -0.2) is 9.18 Å². The number of carbonyl (C=O) groups is 2. The third-order valence-electron chi connectivity index (χ3n) is 2.82. The third kappa shape index (κ3) is 1.28. The van der Waals surface area contributed by atoms with E-state index in [-0.39, 0.29) is 17.2 Å². The van der Waals surface area contributed by atoms with Gasteiger partial charge in [-0.2, -0.15) is 0 Å². The van der Waals surface area contributed by atoms with Crippen molar-refractivity contribution in [1.82, 2.24) is 0 Å². The number of hydrogen-bond acceptors (Lipinski definition) is 2. The second-order valence-electron chi connectivity index (χ2n) is 4.26. The Balaban J connectivity index is 2.69. The standard InChI is InChI=1S/C11H10FNO3/c1-11(2)6-3-5(9(14)15)4-7(12)8(6)13-10(11)16/h3-4H,1-2H3,(H,13,16)(H,14,15). The second-order valence-corrected chi connectivity index (χ2v) is 4.26. The van der Waals surface area contributed by atoms with Crippen LogP contribution in [0.4, 0.5) is 10.1 Å². The Kier molecular flexibility index (Phi) is 2.01. The van der Waals surface area contributed by atoms with Crippen molar-refractivity contribution in [2.75, 3.05) is 5.32 Å². The van der Waals surface area contributed by atoms with Gasteiger partial charge in [-0.15, -0.1) is 0 Å². The Morgan fingerprint density at radius 2 is 2.06 bits per heavy atom. The van der Waals surface area contributed by atoms with Crippen molar-refractivity contribution < 1.29 is 19.1 Å². The van der Waals surface area contributed by atoms with E-state index in [0.717, 1.165) is 6.07 Å². The van der Waals surface area contributed by atoms with E-state index < -0.39 is 17.2 Å². The fraction of sp³-hybridized carbons (Fsp3) is 0.273. The van der Waals surface area contributed by atoms with Crippen LogP contribution < -0.4 is 5.32 Å². The Labute approximate surface area is 91.1 Å². The molecule has 16 heavy (non-hydrogen) atoms. The number of carbonyl (C=O) groups excluding carboxylic acids is 1. The third-order valence-corrected chi connectivity index (χ3v) is 2.82. The maximum atomic E-state index is 13.6. The summed E-state index contributed by atoms with van der Waals surface area (Å²) in [5.74, 6) is -2.25. The molecule has 1 aliphatic heterocycles. The fourth-order valence-electron chi connectivity index (χ4n) is 1.74. The molecule has 5 heteroatoms. The molecule has 0 fully saturated rings. The van der Waals surface area contributed by atoms with Crippen molar-refractivity contribution >= 4 is 17.6 Å². The van der Waals surface area contributed by atoms with Gasteiger partial charge in [0.1, 0.15) is 5.82 Å². The highest BCUT2D eigenvalue weighted by atomic mass is 19.1. The first-order valence-electron chi connectivity index (χ1n) is 4.73. The van der Waals surface area contributed by atoms with Gasteiger partial charge in [-0.1, -0.05) is 0 Å². The fourth-order valence-corrected chi connectivity index (χ4v) is 1.74. The first-order valence-corrected chi connectivity index (χ1v) is 4.73. The summed E-state index contributed by atoms with van der Waals surface area (Å²) < 4.78 is 13.6. The van der Waals surface area contributed by atoms with Crippen LogP contribution in [0.1, 0.15) is 29.8 Å². The quantitative estimate of drug-likeness (QED) is 0.762. The maximum Gasteiger partial charge on any atom is 0.335 e. The van der Waals surface area contributed by atoms with E-state index in [1.54, 1.807) is 13.8 Å². The van der Waals surface area contributed by atoms with Crippen molar-refractivity contribution in [2.24, 2.45) is 0 Å². The molecular weight excluding hydrogens is 213 g/mol. The van der Waals surface area contributed by atoms with Gasteiger partial charge >= 0.3 is 5.97 Å². The number of hydrogen-bond donors (Lipinski definition) is 2. The van der Waals surface area contributed by atoms with Crippen LogP contribution in [0.2, 0.25) is 0 Å². The number of benzene rings is 1. The van der Waals surface area contributed by atoms with Crippen LogP contribution in [0, 0.1) is 5.82 Å². The van der Waals surface area contributed by atoms with E-state index in [4.69, 9.17) is 5.11 Å². The number of carboxylic acids is 1. The Bertz CT molecular complexity index is 508. The average Bonchev–Trinajstić information content (AvgIpc) is 2.40. The van der Waals surface area contributed by atoms with Gasteiger partial charge in [0.25, 0.3) is 0 Å². The largest absolute Gasteiger partial charge is 0.478 e. The van der Waals surface area contributed by atoms with Crippen molar-refractivity contribution in [3.05, 3.63) is 29.1 Å². The summed E-state index contributed by atoms with van der Waals surface area (Å²) >= 11 is 0. The molecule has 2 N–H and O–H groups in total. The van der Waals surface area contributed by atoms with Gasteiger partial charge in [-0.3, -0.25) is 4.79 Å². The van der Waals surface area contributed by atoms with E-state index in [1.807, 2.05) is 0 Å². The molecule has 0 aliphatic carbocycles. The lowest BCUT2D eigenvalue weighted by atomic mass is 9.85. The van der Waals surface area contributed by atoms with Crippen molar-refractivity contribution in [2.45, 2.75) is 19.3 Å². The molecule has 1 aliphatic rings. The van der Waals surface area contributed by atoms with Crippen LogP contribution in [0.3, 0.4) is 0 Å². The predicted octanol–water partition coefficient (Wildman–Crippen LogP) is 1.75. The summed E-state index contributed by atoms with van der Waals surface area (Å²) in [6.07, 6.45) is 0. The zero-order valence-corrected chi connectivity index (χ0v) is 8.80. The van der Waals surface area contributed by atoms with Gasteiger partial charge in [0.05, 0.1) is 16.7 Å². The first-order chi connectivity index (χ1) is 7.34. The molecule has 0 atom stereocenters. The number of carboxylic acid groups (broad SMARTS) is 1. The molecule has 0 spiro atoms. The molecule has 1 heterocycles. The molecular formula is C11H10FNO3. The number of rotatable bonds is 1. The zero-order valence-electron chi connectivity index (χ0n) is 8.80. The summed E-state index contributed by atoms with van der Waals surface area (Å²) in [7, 11) is 0. The lowest BCUT2D eigenvalue weighted by Gasteiger charge is -2.15. The maximum absolute atomic E-state index is 13.6. The topological polar surface area (TPSA) is 66.4 Å². The van der Waals surface area contributed by atoms with Crippen LogP contribution in [0.25, 0.3) is 0 Å². The highest BCUT2D eigenvalue weighted by Gasteiger charge is 2.40. The summed E-state index contributed by atoms with van der Waals surface area (Å²) in [4.78, 5) is 22.3. The molecule has 2 rings (SSSR count). The summed E-state index contributed by atoms with van der Waals surface area (Å²) in [5.41, 5.74) is -0.586. The van der Waals surface area contributed by atoms with Gasteiger partial charge in [0, 0.05) is 0 Å². The highest BCUT2D eigenvalue weighted by molar-refractivity contribution is 6.06. The zero-order chi connectivity index (χ0) is 12.1. The average molecular weight is 223 g/mol. The molecule has 0 unspecified atom stereocenters. The minimum atomic E-state index is -1.21. The van der Waals surface area contributed by atoms with Crippen LogP contribution in [0.15, 0.2) is 12.1 Å². The number of aromatic carboxylic acids is 1. The molecule has 1 amide bonds. The second kappa shape index (κ2) is 3.04. The number of anilines is 1. The lowest BCUT2D eigenvalue weighted by Crippen LogP contribution is -2.26. The minimum Gasteiger partial charge on any atom is -0.478 e. The van der Waals surface area contributed by atoms with Crippen LogP contribution >= 0.6 is 0 Å². The van der Waals surface area contributed by atoms with Gasteiger partial charge in [0.15, 0.2) is 0 Å². The predicted molar refractivity (Wildman–Crippen MR) is 55.0 cm³/mol. The number of nitrogens with one attached hydrogen (secondary N) is 1. The lowest BCUT2D eigenvalue weighted by molar-refractivity contribution is -0.119. The molecule has 0 aromatic heterocycles. The molecule has 1 aromatic rings. The van der Waals surface area contributed by atoms with E-state index in [0.29, 0.717) is 5.56 Å². The molecule has 4 nitrogen and oxygen atoms in total. The molecule has 84 valence electrons. The highest BCUT2D eigenvalue weighted by Crippen LogP contribution is 2.39. The Morgan fingerprint density at radius 3 is 2.62 bits per heavy atom. The number of amides is 1. The normalized spacial score (nSPS) is 16.8. The van der Waals surface area contributed by atoms with E-state index >= 15 is 0 Å². The molecule has 0 radical (unpaired) electrons. The van der Waals surface area contributed by atoms with Crippen LogP contribution in [0.5, 0.6) is 0 Å². The Morgan fingerprint density at radius 1 is 1.44 bits per heavy atom. The smallest absolute Gasteiger partial charge is 0.335 e. The molecule has 0 saturated carbocycles. The Hall–Kier alpha value is -1.91. The number of halogens is 1. The number of fused-ring (bicyclic) bond motifs is 1. The summed E-state index contributed by atoms with van der Waals surface area (Å²) in [6, 6.07) is 2.24. The molecule has 0 bridgehead atoms. The van der Waals surface area contributed by atoms with E-state index in [1.165, 1.54) is 6.07 Å². The monoisotopic (exact) mass is 223 g/mol. The molecule has 1 aromatic carbocycles. The minimum absolute atomic E-state index is 0.0833. The SMILES string of the molecule is CC1(C)C(=O)Nc2c(F)cc(C(=O)O)cc21. The summed E-state index contributed by atoms with van der Waals surface area (Å²) in [5, 5.41) is 11.2. The van der Waals surface area contributed by atoms with E-state index in [9.17, 15) is 14.0 Å². The van der Waals surface area contributed by atoms with Crippen molar-refractivity contribution in [3.63, 3.8) is 0 Å². The first kappa shape index (κ1) is 10.6. The van der Waals surface area contributed by atoms with E-state index in [2.05, 4.69) is 5.32 Å². The van der Waals surface area contributed by atoms with Crippen LogP contribution in [-0.2, 0) is 10.2 Å². The van der Waals surface area contributed by atoms with Gasteiger partial charge in [-0.05, 0) is 31.5 Å². The van der Waals surface area contributed by atoms with Gasteiger partial charge < -0.3 is 10.4 Å². The summed E-state index contributed by atoms with van der Waals surface area (Å²) in [6.45, 7) is 3.25. The molecule has 0 saturated heterocycles.